The predicted molar refractivity (Wildman–Crippen MR) is 65.1 cm³/mol. The third-order valence-electron chi connectivity index (χ3n) is 2.39. The second kappa shape index (κ2) is 4.69. The molecule has 1 aromatic carbocycles. The molecule has 0 atom stereocenters. The monoisotopic (exact) mass is 231 g/mol. The van der Waals surface area contributed by atoms with Crippen LogP contribution in [0.3, 0.4) is 0 Å². The van der Waals surface area contributed by atoms with E-state index in [9.17, 15) is 4.79 Å². The van der Waals surface area contributed by atoms with Crippen molar-refractivity contribution in [2.75, 3.05) is 12.8 Å². The maximum Gasteiger partial charge on any atom is 0.250 e. The first kappa shape index (κ1) is 11.2. The highest BCUT2D eigenvalue weighted by atomic mass is 16.5. The molecule has 0 aliphatic heterocycles. The molecule has 88 valence electrons. The average Bonchev–Trinajstić information content (AvgIpc) is 2.29. The fourth-order valence-corrected chi connectivity index (χ4v) is 1.59. The van der Waals surface area contributed by atoms with Crippen molar-refractivity contribution in [3.63, 3.8) is 0 Å². The highest BCUT2D eigenvalue weighted by molar-refractivity contribution is 5.54. The Morgan fingerprint density at radius 1 is 1.41 bits per heavy atom. The van der Waals surface area contributed by atoms with Gasteiger partial charge in [0, 0.05) is 18.7 Å². The van der Waals surface area contributed by atoms with Crippen LogP contribution < -0.4 is 16.0 Å². The number of hydrogen-bond donors (Lipinski definition) is 2. The maximum atomic E-state index is 11.1. The minimum Gasteiger partial charge on any atom is -0.495 e. The molecule has 0 fully saturated rings. The minimum absolute atomic E-state index is 0.156. The van der Waals surface area contributed by atoms with Gasteiger partial charge in [-0.1, -0.05) is 6.07 Å². The van der Waals surface area contributed by atoms with Crippen LogP contribution in [0.1, 0.15) is 11.4 Å². The molecular formula is C12H13N3O2. The van der Waals surface area contributed by atoms with E-state index >= 15 is 0 Å². The lowest BCUT2D eigenvalue weighted by atomic mass is 10.1. The second-order valence-corrected chi connectivity index (χ2v) is 3.63. The Balaban J connectivity index is 2.25. The summed E-state index contributed by atoms with van der Waals surface area (Å²) in [6, 6.07) is 6.88. The zero-order valence-corrected chi connectivity index (χ0v) is 9.43. The molecule has 5 heteroatoms. The number of hydrogen-bond acceptors (Lipinski definition) is 4. The summed E-state index contributed by atoms with van der Waals surface area (Å²) in [5, 5.41) is 0. The van der Waals surface area contributed by atoms with Gasteiger partial charge in [-0.25, -0.2) is 4.98 Å². The molecule has 2 rings (SSSR count). The first-order valence-electron chi connectivity index (χ1n) is 5.15. The fraction of sp³-hybridized carbons (Fsp3) is 0.167. The Bertz CT molecular complexity index is 578. The van der Waals surface area contributed by atoms with Crippen molar-refractivity contribution in [3.05, 3.63) is 52.2 Å². The van der Waals surface area contributed by atoms with Crippen LogP contribution in [0.25, 0.3) is 0 Å². The first-order valence-corrected chi connectivity index (χ1v) is 5.15. The Kier molecular flexibility index (Phi) is 3.09. The van der Waals surface area contributed by atoms with E-state index < -0.39 is 0 Å². The topological polar surface area (TPSA) is 81.0 Å². The van der Waals surface area contributed by atoms with E-state index in [2.05, 4.69) is 9.97 Å². The molecule has 0 aliphatic carbocycles. The van der Waals surface area contributed by atoms with Crippen LogP contribution in [0.5, 0.6) is 5.75 Å². The lowest BCUT2D eigenvalue weighted by molar-refractivity contribution is 0.417. The van der Waals surface area contributed by atoms with E-state index in [1.165, 1.54) is 12.3 Å². The molecule has 0 saturated heterocycles. The van der Waals surface area contributed by atoms with Gasteiger partial charge < -0.3 is 15.5 Å². The quantitative estimate of drug-likeness (QED) is 0.771. The number of aromatic amines is 1. The van der Waals surface area contributed by atoms with Crippen LogP contribution in [0.2, 0.25) is 0 Å². The molecule has 1 heterocycles. The third-order valence-corrected chi connectivity index (χ3v) is 2.39. The summed E-state index contributed by atoms with van der Waals surface area (Å²) in [6.45, 7) is 0. The van der Waals surface area contributed by atoms with Crippen molar-refractivity contribution in [1.29, 1.82) is 0 Å². The van der Waals surface area contributed by atoms with Crippen LogP contribution in [0, 0.1) is 0 Å². The standard InChI is InChI=1S/C12H13N3O2/c1-17-10-3-2-8(6-9(10)13)7-11-14-5-4-12(16)15-11/h2-6H,7,13H2,1H3,(H,14,15,16). The van der Waals surface area contributed by atoms with Gasteiger partial charge in [-0.15, -0.1) is 0 Å². The Hall–Kier alpha value is -2.30. The number of nitrogen functional groups attached to an aromatic ring is 1. The number of rotatable bonds is 3. The summed E-state index contributed by atoms with van der Waals surface area (Å²) in [7, 11) is 1.57. The van der Waals surface area contributed by atoms with Gasteiger partial charge in [-0.2, -0.15) is 0 Å². The van der Waals surface area contributed by atoms with Gasteiger partial charge in [0.25, 0.3) is 5.56 Å². The Morgan fingerprint density at radius 3 is 2.88 bits per heavy atom. The van der Waals surface area contributed by atoms with Gasteiger partial charge in [0.05, 0.1) is 12.8 Å². The third kappa shape index (κ3) is 2.63. The number of methoxy groups -OCH3 is 1. The number of nitrogens with one attached hydrogen (secondary N) is 1. The largest absolute Gasteiger partial charge is 0.495 e. The maximum absolute atomic E-state index is 11.1. The lowest BCUT2D eigenvalue weighted by Crippen LogP contribution is -2.09. The molecule has 2 aromatic rings. The molecule has 0 saturated carbocycles. The summed E-state index contributed by atoms with van der Waals surface area (Å²) in [5.74, 6) is 1.25. The summed E-state index contributed by atoms with van der Waals surface area (Å²) in [4.78, 5) is 17.9. The molecule has 0 bridgehead atoms. The van der Waals surface area contributed by atoms with Crippen LogP contribution in [-0.4, -0.2) is 17.1 Å². The van der Waals surface area contributed by atoms with Crippen LogP contribution >= 0.6 is 0 Å². The van der Waals surface area contributed by atoms with Crippen LogP contribution in [-0.2, 0) is 6.42 Å². The molecule has 5 nitrogen and oxygen atoms in total. The molecule has 3 N–H and O–H groups in total. The van der Waals surface area contributed by atoms with Crippen LogP contribution in [0.4, 0.5) is 5.69 Å². The van der Waals surface area contributed by atoms with Crippen molar-refractivity contribution < 1.29 is 4.74 Å². The second-order valence-electron chi connectivity index (χ2n) is 3.63. The zero-order chi connectivity index (χ0) is 12.3. The van der Waals surface area contributed by atoms with E-state index in [4.69, 9.17) is 10.5 Å². The van der Waals surface area contributed by atoms with Gasteiger partial charge in [0.15, 0.2) is 0 Å². The molecule has 0 aliphatic rings. The molecule has 1 aromatic heterocycles. The minimum atomic E-state index is -0.156. The van der Waals surface area contributed by atoms with Gasteiger partial charge in [-0.05, 0) is 17.7 Å². The van der Waals surface area contributed by atoms with Crippen molar-refractivity contribution in [2.24, 2.45) is 0 Å². The molecule has 0 radical (unpaired) electrons. The number of aromatic nitrogens is 2. The van der Waals surface area contributed by atoms with Gasteiger partial charge in [0.1, 0.15) is 11.6 Å². The lowest BCUT2D eigenvalue weighted by Gasteiger charge is -2.06. The number of benzene rings is 1. The van der Waals surface area contributed by atoms with E-state index in [-0.39, 0.29) is 5.56 Å². The SMILES string of the molecule is COc1ccc(Cc2nccc(=O)[nH]2)cc1N. The van der Waals surface area contributed by atoms with Gasteiger partial charge in [0.2, 0.25) is 0 Å². The fourth-order valence-electron chi connectivity index (χ4n) is 1.59. The highest BCUT2D eigenvalue weighted by Crippen LogP contribution is 2.22. The summed E-state index contributed by atoms with van der Waals surface area (Å²) < 4.78 is 5.07. The number of ether oxygens (including phenoxy) is 1. The molecule has 0 amide bonds. The number of H-pyrrole nitrogens is 1. The van der Waals surface area contributed by atoms with E-state index in [1.54, 1.807) is 13.2 Å². The summed E-state index contributed by atoms with van der Waals surface area (Å²) in [5.41, 5.74) is 7.18. The molecule has 17 heavy (non-hydrogen) atoms. The Labute approximate surface area is 98.3 Å². The molecule has 0 unspecified atom stereocenters. The molecular weight excluding hydrogens is 218 g/mol. The number of nitrogens with two attached hydrogens (primary N) is 1. The van der Waals surface area contributed by atoms with E-state index in [0.717, 1.165) is 5.56 Å². The van der Waals surface area contributed by atoms with E-state index in [0.29, 0.717) is 23.7 Å². The highest BCUT2D eigenvalue weighted by Gasteiger charge is 2.03. The van der Waals surface area contributed by atoms with Gasteiger partial charge in [-0.3, -0.25) is 4.79 Å². The zero-order valence-electron chi connectivity index (χ0n) is 9.43. The van der Waals surface area contributed by atoms with Crippen molar-refractivity contribution in [2.45, 2.75) is 6.42 Å². The normalized spacial score (nSPS) is 10.2. The summed E-state index contributed by atoms with van der Waals surface area (Å²) in [6.07, 6.45) is 2.02. The smallest absolute Gasteiger partial charge is 0.250 e. The Morgan fingerprint density at radius 2 is 2.24 bits per heavy atom. The van der Waals surface area contributed by atoms with Crippen LogP contribution in [0.15, 0.2) is 35.3 Å². The van der Waals surface area contributed by atoms with Gasteiger partial charge >= 0.3 is 0 Å². The first-order chi connectivity index (χ1) is 8.19. The number of anilines is 1. The molecule has 0 spiro atoms. The van der Waals surface area contributed by atoms with Crippen molar-refractivity contribution in [3.8, 4) is 5.75 Å². The predicted octanol–water partition coefficient (Wildman–Crippen LogP) is 0.952. The number of nitrogens with zero attached hydrogens (tertiary/aromatic N) is 1. The van der Waals surface area contributed by atoms with Crippen molar-refractivity contribution >= 4 is 5.69 Å². The average molecular weight is 231 g/mol. The summed E-state index contributed by atoms with van der Waals surface area (Å²) >= 11 is 0. The van der Waals surface area contributed by atoms with E-state index in [1.807, 2.05) is 12.1 Å². The van der Waals surface area contributed by atoms with Crippen molar-refractivity contribution in [1.82, 2.24) is 9.97 Å².